The molecule has 2 aliphatic rings. The lowest BCUT2D eigenvalue weighted by Gasteiger charge is -2.42. The number of nitrogens with one attached hydrogen (secondary N) is 1. The summed E-state index contributed by atoms with van der Waals surface area (Å²) in [7, 11) is 1.57. The third-order valence-corrected chi connectivity index (χ3v) is 8.39. The number of methoxy groups -OCH3 is 1. The van der Waals surface area contributed by atoms with Gasteiger partial charge in [0.25, 0.3) is 5.56 Å². The largest absolute Gasteiger partial charge is 0.495 e. The molecule has 6 nitrogen and oxygen atoms in total. The van der Waals surface area contributed by atoms with Crippen LogP contribution < -0.4 is 15.6 Å². The van der Waals surface area contributed by atoms with Crippen LogP contribution in [0, 0.1) is 0 Å². The molecule has 2 aliphatic carbocycles. The van der Waals surface area contributed by atoms with Gasteiger partial charge in [0.15, 0.2) is 5.16 Å². The summed E-state index contributed by atoms with van der Waals surface area (Å²) < 4.78 is 7.08. The van der Waals surface area contributed by atoms with E-state index in [-0.39, 0.29) is 22.6 Å². The summed E-state index contributed by atoms with van der Waals surface area (Å²) in [6.07, 6.45) is 6.36. The SMILES string of the molecule is C=C(C)Cn1c(SCC(=O)Nc2ccccc2OC)nc2c(c1=O)C1(CCCCC1)Cc1ccccc1-2. The zero-order valence-electron chi connectivity index (χ0n) is 21.5. The Morgan fingerprint density at radius 1 is 1.14 bits per heavy atom. The second-order valence-corrected chi connectivity index (χ2v) is 11.1. The van der Waals surface area contributed by atoms with Gasteiger partial charge < -0.3 is 10.1 Å². The molecule has 1 fully saturated rings. The van der Waals surface area contributed by atoms with E-state index in [0.717, 1.165) is 54.5 Å². The Morgan fingerprint density at radius 2 is 1.86 bits per heavy atom. The van der Waals surface area contributed by atoms with Gasteiger partial charge in [-0.3, -0.25) is 14.2 Å². The second-order valence-electron chi connectivity index (χ2n) is 10.2. The molecule has 1 N–H and O–H groups in total. The number of thioether (sulfide) groups is 1. The van der Waals surface area contributed by atoms with Gasteiger partial charge in [0.1, 0.15) is 5.75 Å². The van der Waals surface area contributed by atoms with E-state index in [2.05, 4.69) is 30.1 Å². The molecule has 0 bridgehead atoms. The molecule has 0 atom stereocenters. The summed E-state index contributed by atoms with van der Waals surface area (Å²) in [5.74, 6) is 0.528. The Labute approximate surface area is 222 Å². The summed E-state index contributed by atoms with van der Waals surface area (Å²) in [5.41, 5.74) is 5.26. The number of anilines is 1. The van der Waals surface area contributed by atoms with Crippen LogP contribution in [0.2, 0.25) is 0 Å². The zero-order chi connectivity index (χ0) is 26.0. The first-order chi connectivity index (χ1) is 17.9. The Bertz CT molecular complexity index is 1410. The zero-order valence-corrected chi connectivity index (χ0v) is 22.3. The third-order valence-electron chi connectivity index (χ3n) is 7.42. The van der Waals surface area contributed by atoms with E-state index >= 15 is 0 Å². The second kappa shape index (κ2) is 10.6. The van der Waals surface area contributed by atoms with Crippen LogP contribution in [0.4, 0.5) is 5.69 Å². The van der Waals surface area contributed by atoms with Crippen LogP contribution in [-0.4, -0.2) is 28.3 Å². The topological polar surface area (TPSA) is 73.2 Å². The molecular weight excluding hydrogens is 482 g/mol. The van der Waals surface area contributed by atoms with Gasteiger partial charge in [0.05, 0.1) is 29.8 Å². The van der Waals surface area contributed by atoms with Gasteiger partial charge in [-0.25, -0.2) is 4.98 Å². The number of hydrogen-bond acceptors (Lipinski definition) is 5. The highest BCUT2D eigenvalue weighted by molar-refractivity contribution is 7.99. The number of nitrogens with zero attached hydrogens (tertiary/aromatic N) is 2. The van der Waals surface area contributed by atoms with Gasteiger partial charge in [-0.05, 0) is 43.9 Å². The fraction of sp³-hybridized carbons (Fsp3) is 0.367. The highest BCUT2D eigenvalue weighted by Crippen LogP contribution is 2.48. The van der Waals surface area contributed by atoms with Gasteiger partial charge in [0.2, 0.25) is 5.91 Å². The number of fused-ring (bicyclic) bond motifs is 4. The Kier molecular flexibility index (Phi) is 7.24. The summed E-state index contributed by atoms with van der Waals surface area (Å²) in [4.78, 5) is 32.2. The summed E-state index contributed by atoms with van der Waals surface area (Å²) in [6.45, 7) is 6.36. The molecule has 5 rings (SSSR count). The Hall–Kier alpha value is -3.32. The van der Waals surface area contributed by atoms with Crippen LogP contribution in [0.15, 0.2) is 70.6 Å². The maximum atomic E-state index is 14.2. The van der Waals surface area contributed by atoms with Crippen molar-refractivity contribution in [1.82, 2.24) is 9.55 Å². The minimum Gasteiger partial charge on any atom is -0.495 e. The molecule has 1 saturated carbocycles. The number of amides is 1. The van der Waals surface area contributed by atoms with Gasteiger partial charge in [-0.2, -0.15) is 0 Å². The van der Waals surface area contributed by atoms with Crippen molar-refractivity contribution in [2.75, 3.05) is 18.2 Å². The van der Waals surface area contributed by atoms with Gasteiger partial charge in [0, 0.05) is 17.5 Å². The minimum atomic E-state index is -0.188. The number of hydrogen-bond donors (Lipinski definition) is 1. The third kappa shape index (κ3) is 4.97. The van der Waals surface area contributed by atoms with E-state index in [1.54, 1.807) is 23.8 Å². The number of ether oxygens (including phenoxy) is 1. The van der Waals surface area contributed by atoms with Crippen molar-refractivity contribution in [2.24, 2.45) is 0 Å². The van der Waals surface area contributed by atoms with Crippen LogP contribution in [-0.2, 0) is 23.2 Å². The van der Waals surface area contributed by atoms with Crippen LogP contribution in [0.3, 0.4) is 0 Å². The average molecular weight is 516 g/mol. The van der Waals surface area contributed by atoms with Crippen LogP contribution >= 0.6 is 11.8 Å². The number of aromatic nitrogens is 2. The molecular formula is C30H33N3O3S. The molecule has 0 saturated heterocycles. The van der Waals surface area contributed by atoms with Crippen molar-refractivity contribution in [3.8, 4) is 17.0 Å². The maximum Gasteiger partial charge on any atom is 0.258 e. The summed E-state index contributed by atoms with van der Waals surface area (Å²) in [5, 5.41) is 3.46. The Balaban J connectivity index is 1.54. The van der Waals surface area contributed by atoms with Crippen LogP contribution in [0.25, 0.3) is 11.3 Å². The lowest BCUT2D eigenvalue weighted by atomic mass is 9.62. The highest BCUT2D eigenvalue weighted by atomic mass is 32.2. The van der Waals surface area contributed by atoms with Crippen LogP contribution in [0.5, 0.6) is 5.75 Å². The van der Waals surface area contributed by atoms with Crippen molar-refractivity contribution in [3.63, 3.8) is 0 Å². The van der Waals surface area contributed by atoms with Gasteiger partial charge >= 0.3 is 0 Å². The first-order valence-electron chi connectivity index (χ1n) is 12.9. The lowest BCUT2D eigenvalue weighted by Crippen LogP contribution is -2.43. The first kappa shape index (κ1) is 25.3. The predicted molar refractivity (Wildman–Crippen MR) is 150 cm³/mol. The molecule has 7 heteroatoms. The van der Waals surface area contributed by atoms with Crippen molar-refractivity contribution in [2.45, 2.75) is 62.6 Å². The monoisotopic (exact) mass is 515 g/mol. The number of rotatable bonds is 7. The number of carbonyl (C=O) groups is 1. The fourth-order valence-electron chi connectivity index (χ4n) is 5.81. The van der Waals surface area contributed by atoms with E-state index < -0.39 is 0 Å². The highest BCUT2D eigenvalue weighted by Gasteiger charge is 2.43. The van der Waals surface area contributed by atoms with E-state index in [1.807, 2.05) is 25.1 Å². The van der Waals surface area contributed by atoms with Crippen molar-refractivity contribution in [1.29, 1.82) is 0 Å². The number of benzene rings is 2. The maximum absolute atomic E-state index is 14.2. The van der Waals surface area contributed by atoms with E-state index in [0.29, 0.717) is 23.1 Å². The van der Waals surface area contributed by atoms with Crippen molar-refractivity contribution in [3.05, 3.63) is 82.2 Å². The quantitative estimate of drug-likeness (QED) is 0.238. The van der Waals surface area contributed by atoms with Gasteiger partial charge in [-0.15, -0.1) is 0 Å². The molecule has 2 aromatic carbocycles. The molecule has 3 aromatic rings. The molecule has 1 amide bonds. The molecule has 0 radical (unpaired) electrons. The molecule has 0 aliphatic heterocycles. The average Bonchev–Trinajstić information content (AvgIpc) is 2.89. The number of allylic oxidation sites excluding steroid dienone is 1. The predicted octanol–water partition coefficient (Wildman–Crippen LogP) is 5.98. The lowest BCUT2D eigenvalue weighted by molar-refractivity contribution is -0.113. The first-order valence-corrected chi connectivity index (χ1v) is 13.8. The molecule has 1 heterocycles. The molecule has 192 valence electrons. The minimum absolute atomic E-state index is 0.0111. The fourth-order valence-corrected chi connectivity index (χ4v) is 6.60. The van der Waals surface area contributed by atoms with E-state index in [9.17, 15) is 9.59 Å². The van der Waals surface area contributed by atoms with Gasteiger partial charge in [-0.1, -0.05) is 79.6 Å². The summed E-state index contributed by atoms with van der Waals surface area (Å²) in [6, 6.07) is 15.6. The molecule has 0 unspecified atom stereocenters. The van der Waals surface area contributed by atoms with Crippen molar-refractivity contribution >= 4 is 23.4 Å². The Morgan fingerprint density at radius 3 is 2.62 bits per heavy atom. The smallest absolute Gasteiger partial charge is 0.258 e. The summed E-state index contributed by atoms with van der Waals surface area (Å²) >= 11 is 1.28. The van der Waals surface area contributed by atoms with Crippen molar-refractivity contribution < 1.29 is 9.53 Å². The number of carbonyl (C=O) groups excluding carboxylic acids is 1. The van der Waals surface area contributed by atoms with Crippen LogP contribution in [0.1, 0.15) is 50.2 Å². The molecule has 1 spiro atoms. The van der Waals surface area contributed by atoms with E-state index in [4.69, 9.17) is 9.72 Å². The molecule has 1 aromatic heterocycles. The molecule has 37 heavy (non-hydrogen) atoms. The normalized spacial score (nSPS) is 15.5. The number of para-hydroxylation sites is 2. The van der Waals surface area contributed by atoms with E-state index in [1.165, 1.54) is 23.7 Å². The standard InChI is InChI=1S/C30H33N3O3S/c1-20(2)18-33-28(35)26-27(22-12-6-5-11-21(22)17-30(26)15-9-4-10-16-30)32-29(33)37-19-25(34)31-23-13-7-8-14-24(23)36-3/h5-8,11-14H,1,4,9-10,15-19H2,2-3H3,(H,31,34).